The number of benzene rings is 1. The van der Waals surface area contributed by atoms with Crippen molar-refractivity contribution in [3.8, 4) is 6.01 Å². The fourth-order valence-electron chi connectivity index (χ4n) is 1.08. The Hall–Kier alpha value is -0.850. The molecule has 0 N–H and O–H groups in total. The van der Waals surface area contributed by atoms with Gasteiger partial charge in [-0.15, -0.1) is 0 Å². The van der Waals surface area contributed by atoms with Crippen LogP contribution in [0.15, 0.2) is 38.8 Å². The molecule has 0 aliphatic rings. The van der Waals surface area contributed by atoms with Gasteiger partial charge in [0.2, 0.25) is 5.28 Å². The Morgan fingerprint density at radius 3 is 2.71 bits per heavy atom. The molecule has 0 fully saturated rings. The first-order valence-corrected chi connectivity index (χ1v) is 6.56. The molecule has 0 atom stereocenters. The topological polar surface area (TPSA) is 47.9 Å². The molecule has 1 aromatic carbocycles. The van der Waals surface area contributed by atoms with E-state index in [2.05, 4.69) is 30.9 Å². The molecule has 1 heterocycles. The monoisotopic (exact) mass is 331 g/mol. The quantitative estimate of drug-likeness (QED) is 0.861. The predicted molar refractivity (Wildman–Crippen MR) is 69.7 cm³/mol. The van der Waals surface area contributed by atoms with Crippen molar-refractivity contribution in [2.75, 3.05) is 7.11 Å². The van der Waals surface area contributed by atoms with E-state index in [1.807, 2.05) is 24.3 Å². The van der Waals surface area contributed by atoms with Gasteiger partial charge in [0.1, 0.15) is 0 Å². The summed E-state index contributed by atoms with van der Waals surface area (Å²) in [5.41, 5.74) is 0. The molecule has 0 saturated carbocycles. The smallest absolute Gasteiger partial charge is 0.321 e. The molecule has 0 saturated heterocycles. The molecular formula is C10H7BrClN3OS. The highest BCUT2D eigenvalue weighted by Crippen LogP contribution is 2.31. The molecular weight excluding hydrogens is 326 g/mol. The average Bonchev–Trinajstić information content (AvgIpc) is 2.31. The van der Waals surface area contributed by atoms with E-state index in [4.69, 9.17) is 16.3 Å². The number of hydrogen-bond donors (Lipinski definition) is 0. The highest BCUT2D eigenvalue weighted by Gasteiger charge is 2.08. The highest BCUT2D eigenvalue weighted by molar-refractivity contribution is 9.10. The number of ether oxygens (including phenoxy) is 1. The molecule has 0 bridgehead atoms. The van der Waals surface area contributed by atoms with E-state index in [0.717, 1.165) is 9.37 Å². The van der Waals surface area contributed by atoms with E-state index < -0.39 is 0 Å². The lowest BCUT2D eigenvalue weighted by Gasteiger charge is -2.04. The summed E-state index contributed by atoms with van der Waals surface area (Å²) in [5.74, 6) is 0. The van der Waals surface area contributed by atoms with Gasteiger partial charge >= 0.3 is 6.01 Å². The number of nitrogens with zero attached hydrogens (tertiary/aromatic N) is 3. The van der Waals surface area contributed by atoms with E-state index in [1.54, 1.807) is 0 Å². The van der Waals surface area contributed by atoms with Gasteiger partial charge in [-0.05, 0) is 51.4 Å². The molecule has 4 nitrogen and oxygen atoms in total. The molecule has 2 aromatic rings. The fourth-order valence-corrected chi connectivity index (χ4v) is 2.57. The van der Waals surface area contributed by atoms with Crippen LogP contribution in [0.4, 0.5) is 0 Å². The lowest BCUT2D eigenvalue weighted by Crippen LogP contribution is -1.96. The average molecular weight is 333 g/mol. The first-order valence-electron chi connectivity index (χ1n) is 4.57. The molecule has 0 unspecified atom stereocenters. The Kier molecular flexibility index (Phi) is 4.20. The Balaban J connectivity index is 2.30. The maximum atomic E-state index is 5.77. The van der Waals surface area contributed by atoms with Gasteiger partial charge in [-0.1, -0.05) is 12.1 Å². The van der Waals surface area contributed by atoms with Crippen LogP contribution in [0.3, 0.4) is 0 Å². The van der Waals surface area contributed by atoms with Crippen LogP contribution in [0.2, 0.25) is 5.28 Å². The molecule has 0 spiro atoms. The molecule has 0 aliphatic carbocycles. The zero-order valence-corrected chi connectivity index (χ0v) is 11.9. The number of halogens is 2. The first kappa shape index (κ1) is 12.6. The van der Waals surface area contributed by atoms with Gasteiger partial charge in [0.25, 0.3) is 0 Å². The number of methoxy groups -OCH3 is 1. The second kappa shape index (κ2) is 5.66. The van der Waals surface area contributed by atoms with Crippen LogP contribution in [0.5, 0.6) is 6.01 Å². The van der Waals surface area contributed by atoms with E-state index >= 15 is 0 Å². The van der Waals surface area contributed by atoms with Gasteiger partial charge in [0.15, 0.2) is 5.16 Å². The van der Waals surface area contributed by atoms with E-state index in [-0.39, 0.29) is 11.3 Å². The summed E-state index contributed by atoms with van der Waals surface area (Å²) in [6.07, 6.45) is 0. The number of hydrogen-bond acceptors (Lipinski definition) is 5. The molecule has 2 rings (SSSR count). The summed E-state index contributed by atoms with van der Waals surface area (Å²) < 4.78 is 5.90. The molecule has 0 aliphatic heterocycles. The zero-order chi connectivity index (χ0) is 12.3. The van der Waals surface area contributed by atoms with E-state index in [1.165, 1.54) is 18.9 Å². The van der Waals surface area contributed by atoms with Crippen LogP contribution >= 0.6 is 39.3 Å². The maximum absolute atomic E-state index is 5.77. The Bertz CT molecular complexity index is 541. The molecule has 0 radical (unpaired) electrons. The minimum absolute atomic E-state index is 0.117. The maximum Gasteiger partial charge on any atom is 0.321 e. The van der Waals surface area contributed by atoms with Gasteiger partial charge in [0.05, 0.1) is 7.11 Å². The van der Waals surface area contributed by atoms with Crippen molar-refractivity contribution < 1.29 is 4.74 Å². The molecule has 88 valence electrons. The fraction of sp³-hybridized carbons (Fsp3) is 0.100. The van der Waals surface area contributed by atoms with Crippen molar-refractivity contribution in [1.82, 2.24) is 15.0 Å². The minimum Gasteiger partial charge on any atom is -0.467 e. The number of rotatable bonds is 3. The third-order valence-electron chi connectivity index (χ3n) is 1.79. The van der Waals surface area contributed by atoms with Crippen LogP contribution in [-0.4, -0.2) is 22.1 Å². The van der Waals surface area contributed by atoms with Crippen LogP contribution in [-0.2, 0) is 0 Å². The third-order valence-corrected chi connectivity index (χ3v) is 3.85. The number of aromatic nitrogens is 3. The second-order valence-corrected chi connectivity index (χ2v) is 5.11. The first-order chi connectivity index (χ1) is 8.19. The summed E-state index contributed by atoms with van der Waals surface area (Å²) >= 11 is 10.6. The lowest BCUT2D eigenvalue weighted by atomic mass is 10.4. The lowest BCUT2D eigenvalue weighted by molar-refractivity contribution is 0.373. The van der Waals surface area contributed by atoms with Gasteiger partial charge < -0.3 is 4.74 Å². The van der Waals surface area contributed by atoms with Crippen molar-refractivity contribution in [3.05, 3.63) is 34.0 Å². The summed E-state index contributed by atoms with van der Waals surface area (Å²) in [6.45, 7) is 0. The molecule has 7 heteroatoms. The normalized spacial score (nSPS) is 10.3. The van der Waals surface area contributed by atoms with Crippen molar-refractivity contribution >= 4 is 39.3 Å². The van der Waals surface area contributed by atoms with E-state index in [9.17, 15) is 0 Å². The molecule has 0 amide bonds. The largest absolute Gasteiger partial charge is 0.467 e. The third kappa shape index (κ3) is 3.31. The van der Waals surface area contributed by atoms with Crippen LogP contribution < -0.4 is 4.74 Å². The SMILES string of the molecule is COc1nc(Cl)nc(Sc2ccccc2Br)n1. The van der Waals surface area contributed by atoms with Crippen LogP contribution in [0.25, 0.3) is 0 Å². The highest BCUT2D eigenvalue weighted by atomic mass is 79.9. The standard InChI is InChI=1S/C10H7BrClN3OS/c1-16-9-13-8(12)14-10(15-9)17-7-5-3-2-4-6(7)11/h2-5H,1H3. The zero-order valence-electron chi connectivity index (χ0n) is 8.72. The van der Waals surface area contributed by atoms with E-state index in [0.29, 0.717) is 5.16 Å². The van der Waals surface area contributed by atoms with Crippen molar-refractivity contribution in [2.45, 2.75) is 10.1 Å². The van der Waals surface area contributed by atoms with Crippen LogP contribution in [0.1, 0.15) is 0 Å². The Morgan fingerprint density at radius 2 is 2.00 bits per heavy atom. The minimum atomic E-state index is 0.117. The van der Waals surface area contributed by atoms with Gasteiger partial charge in [-0.3, -0.25) is 0 Å². The summed E-state index contributed by atoms with van der Waals surface area (Å²) in [5, 5.41) is 0.611. The summed E-state index contributed by atoms with van der Waals surface area (Å²) in [7, 11) is 1.48. The summed E-state index contributed by atoms with van der Waals surface area (Å²) in [4.78, 5) is 12.9. The Labute approximate surface area is 116 Å². The van der Waals surface area contributed by atoms with Gasteiger partial charge in [-0.25, -0.2) is 0 Å². The predicted octanol–water partition coefficient (Wildman–Crippen LogP) is 3.45. The molecule has 1 aromatic heterocycles. The van der Waals surface area contributed by atoms with Gasteiger partial charge in [0, 0.05) is 9.37 Å². The molecule has 17 heavy (non-hydrogen) atoms. The second-order valence-electron chi connectivity index (χ2n) is 2.91. The van der Waals surface area contributed by atoms with Crippen LogP contribution in [0, 0.1) is 0 Å². The van der Waals surface area contributed by atoms with Crippen molar-refractivity contribution in [2.24, 2.45) is 0 Å². The van der Waals surface area contributed by atoms with Crippen molar-refractivity contribution in [1.29, 1.82) is 0 Å². The Morgan fingerprint density at radius 1 is 1.24 bits per heavy atom. The summed E-state index contributed by atoms with van der Waals surface area (Å²) in [6, 6.07) is 7.99. The van der Waals surface area contributed by atoms with Gasteiger partial charge in [-0.2, -0.15) is 15.0 Å². The van der Waals surface area contributed by atoms with Crippen molar-refractivity contribution in [3.63, 3.8) is 0 Å².